The standard InChI is InChI=1S/C11H18BrN3/c1-7(5-12)8(2)14-11-6-13-9(3)10(4)15-11/h6-8H,5H2,1-4H3,(H,14,15). The number of nitrogens with zero attached hydrogens (tertiary/aromatic N) is 2. The summed E-state index contributed by atoms with van der Waals surface area (Å²) in [5, 5.41) is 4.34. The summed E-state index contributed by atoms with van der Waals surface area (Å²) >= 11 is 3.48. The Balaban J connectivity index is 2.68. The van der Waals surface area contributed by atoms with Gasteiger partial charge in [-0.25, -0.2) is 4.98 Å². The lowest BCUT2D eigenvalue weighted by molar-refractivity contribution is 0.570. The largest absolute Gasteiger partial charge is 0.366 e. The second-order valence-electron chi connectivity index (χ2n) is 3.99. The third-order valence-electron chi connectivity index (χ3n) is 2.66. The Morgan fingerprint density at radius 2 is 2.00 bits per heavy atom. The molecular weight excluding hydrogens is 254 g/mol. The lowest BCUT2D eigenvalue weighted by atomic mass is 10.1. The number of rotatable bonds is 4. The smallest absolute Gasteiger partial charge is 0.145 e. The molecule has 0 aliphatic heterocycles. The van der Waals surface area contributed by atoms with E-state index in [4.69, 9.17) is 0 Å². The molecule has 4 heteroatoms. The van der Waals surface area contributed by atoms with Crippen molar-refractivity contribution >= 4 is 21.7 Å². The van der Waals surface area contributed by atoms with Crippen LogP contribution in [0.4, 0.5) is 5.82 Å². The Morgan fingerprint density at radius 1 is 1.33 bits per heavy atom. The predicted molar refractivity (Wildman–Crippen MR) is 67.5 cm³/mol. The van der Waals surface area contributed by atoms with Crippen LogP contribution in [0.5, 0.6) is 0 Å². The molecule has 0 saturated carbocycles. The van der Waals surface area contributed by atoms with E-state index in [1.54, 1.807) is 6.20 Å². The van der Waals surface area contributed by atoms with Crippen LogP contribution in [-0.4, -0.2) is 21.3 Å². The zero-order chi connectivity index (χ0) is 11.4. The Bertz CT molecular complexity index is 328. The number of aryl methyl sites for hydroxylation is 2. The summed E-state index contributed by atoms with van der Waals surface area (Å²) in [6, 6.07) is 0.390. The van der Waals surface area contributed by atoms with Gasteiger partial charge in [0.1, 0.15) is 5.82 Å². The van der Waals surface area contributed by atoms with Gasteiger partial charge in [-0.15, -0.1) is 0 Å². The summed E-state index contributed by atoms with van der Waals surface area (Å²) < 4.78 is 0. The maximum atomic E-state index is 4.44. The summed E-state index contributed by atoms with van der Waals surface area (Å²) in [6.07, 6.45) is 1.79. The van der Waals surface area contributed by atoms with Crippen molar-refractivity contribution < 1.29 is 0 Å². The van der Waals surface area contributed by atoms with Gasteiger partial charge in [-0.1, -0.05) is 22.9 Å². The molecule has 0 bridgehead atoms. The summed E-state index contributed by atoms with van der Waals surface area (Å²) in [5.41, 5.74) is 1.97. The lowest BCUT2D eigenvalue weighted by Crippen LogP contribution is -2.25. The number of aromatic nitrogens is 2. The van der Waals surface area contributed by atoms with Gasteiger partial charge in [0.2, 0.25) is 0 Å². The van der Waals surface area contributed by atoms with Crippen molar-refractivity contribution in [3.8, 4) is 0 Å². The zero-order valence-corrected chi connectivity index (χ0v) is 11.3. The van der Waals surface area contributed by atoms with Crippen molar-refractivity contribution in [1.29, 1.82) is 0 Å². The Hall–Kier alpha value is -0.640. The van der Waals surface area contributed by atoms with Gasteiger partial charge in [0.25, 0.3) is 0 Å². The number of anilines is 1. The molecule has 84 valence electrons. The fourth-order valence-corrected chi connectivity index (χ4v) is 1.68. The van der Waals surface area contributed by atoms with Gasteiger partial charge in [-0.05, 0) is 26.7 Å². The predicted octanol–water partition coefficient (Wildman–Crippen LogP) is 2.92. The molecule has 0 amide bonds. The molecule has 0 spiro atoms. The van der Waals surface area contributed by atoms with Gasteiger partial charge in [-0.2, -0.15) is 0 Å². The maximum Gasteiger partial charge on any atom is 0.145 e. The molecule has 15 heavy (non-hydrogen) atoms. The molecule has 1 aromatic rings. The first kappa shape index (κ1) is 12.4. The fourth-order valence-electron chi connectivity index (χ4n) is 1.12. The minimum Gasteiger partial charge on any atom is -0.366 e. The lowest BCUT2D eigenvalue weighted by Gasteiger charge is -2.19. The molecule has 1 N–H and O–H groups in total. The van der Waals surface area contributed by atoms with Crippen molar-refractivity contribution in [2.24, 2.45) is 5.92 Å². The number of halogens is 1. The Morgan fingerprint density at radius 3 is 2.53 bits per heavy atom. The van der Waals surface area contributed by atoms with Crippen LogP contribution in [0.2, 0.25) is 0 Å². The highest BCUT2D eigenvalue weighted by Crippen LogP contribution is 2.12. The molecule has 0 radical (unpaired) electrons. The van der Waals surface area contributed by atoms with E-state index in [-0.39, 0.29) is 0 Å². The molecule has 2 atom stereocenters. The average molecular weight is 272 g/mol. The van der Waals surface area contributed by atoms with E-state index in [1.165, 1.54) is 0 Å². The molecule has 0 aliphatic rings. The van der Waals surface area contributed by atoms with Crippen molar-refractivity contribution in [3.63, 3.8) is 0 Å². The van der Waals surface area contributed by atoms with Crippen LogP contribution in [0.3, 0.4) is 0 Å². The molecule has 1 rings (SSSR count). The quantitative estimate of drug-likeness (QED) is 0.856. The fraction of sp³-hybridized carbons (Fsp3) is 0.636. The second-order valence-corrected chi connectivity index (χ2v) is 4.64. The Kier molecular flexibility index (Phi) is 4.51. The molecule has 0 fully saturated rings. The van der Waals surface area contributed by atoms with Crippen LogP contribution in [0, 0.1) is 19.8 Å². The van der Waals surface area contributed by atoms with Crippen molar-refractivity contribution in [2.45, 2.75) is 33.7 Å². The van der Waals surface area contributed by atoms with Gasteiger partial charge in [0, 0.05) is 11.4 Å². The number of alkyl halides is 1. The topological polar surface area (TPSA) is 37.8 Å². The van der Waals surface area contributed by atoms with E-state index < -0.39 is 0 Å². The van der Waals surface area contributed by atoms with Gasteiger partial charge in [-0.3, -0.25) is 4.98 Å². The van der Waals surface area contributed by atoms with Crippen LogP contribution in [0.15, 0.2) is 6.20 Å². The first-order chi connectivity index (χ1) is 7.04. The molecule has 0 aromatic carbocycles. The van der Waals surface area contributed by atoms with E-state index in [9.17, 15) is 0 Å². The van der Waals surface area contributed by atoms with E-state index in [2.05, 4.69) is 45.1 Å². The van der Waals surface area contributed by atoms with Crippen LogP contribution in [0.25, 0.3) is 0 Å². The molecular formula is C11H18BrN3. The molecule has 0 aliphatic carbocycles. The van der Waals surface area contributed by atoms with E-state index in [0.717, 1.165) is 22.5 Å². The second kappa shape index (κ2) is 5.45. The molecule has 2 unspecified atom stereocenters. The number of hydrogen-bond acceptors (Lipinski definition) is 3. The van der Waals surface area contributed by atoms with Gasteiger partial charge in [0.05, 0.1) is 17.6 Å². The van der Waals surface area contributed by atoms with Gasteiger partial charge in [0.15, 0.2) is 0 Å². The van der Waals surface area contributed by atoms with E-state index >= 15 is 0 Å². The van der Waals surface area contributed by atoms with Crippen LogP contribution in [-0.2, 0) is 0 Å². The minimum absolute atomic E-state index is 0.390. The van der Waals surface area contributed by atoms with Crippen molar-refractivity contribution in [1.82, 2.24) is 9.97 Å². The Labute approximate surface area is 99.8 Å². The molecule has 1 aromatic heterocycles. The third-order valence-corrected chi connectivity index (χ3v) is 3.69. The highest BCUT2D eigenvalue weighted by molar-refractivity contribution is 9.09. The summed E-state index contributed by atoms with van der Waals surface area (Å²) in [7, 11) is 0. The first-order valence-corrected chi connectivity index (χ1v) is 6.29. The van der Waals surface area contributed by atoms with Gasteiger partial charge < -0.3 is 5.32 Å². The normalized spacial score (nSPS) is 14.7. The monoisotopic (exact) mass is 271 g/mol. The number of nitrogens with one attached hydrogen (secondary N) is 1. The summed E-state index contributed by atoms with van der Waals surface area (Å²) in [4.78, 5) is 8.72. The van der Waals surface area contributed by atoms with Crippen LogP contribution in [0.1, 0.15) is 25.2 Å². The van der Waals surface area contributed by atoms with Crippen molar-refractivity contribution in [3.05, 3.63) is 17.6 Å². The first-order valence-electron chi connectivity index (χ1n) is 5.17. The summed E-state index contributed by atoms with van der Waals surface area (Å²) in [6.45, 7) is 8.30. The van der Waals surface area contributed by atoms with Gasteiger partial charge >= 0.3 is 0 Å². The minimum atomic E-state index is 0.390. The SMILES string of the molecule is Cc1ncc(NC(C)C(C)CBr)nc1C. The third kappa shape index (κ3) is 3.45. The highest BCUT2D eigenvalue weighted by Gasteiger charge is 2.11. The highest BCUT2D eigenvalue weighted by atomic mass is 79.9. The van der Waals surface area contributed by atoms with E-state index in [0.29, 0.717) is 12.0 Å². The van der Waals surface area contributed by atoms with Crippen LogP contribution >= 0.6 is 15.9 Å². The molecule has 3 nitrogen and oxygen atoms in total. The number of hydrogen-bond donors (Lipinski definition) is 1. The maximum absolute atomic E-state index is 4.44. The molecule has 1 heterocycles. The van der Waals surface area contributed by atoms with E-state index in [1.807, 2.05) is 13.8 Å². The zero-order valence-electron chi connectivity index (χ0n) is 9.71. The summed E-state index contributed by atoms with van der Waals surface area (Å²) in [5.74, 6) is 1.42. The average Bonchev–Trinajstić information content (AvgIpc) is 2.22. The van der Waals surface area contributed by atoms with Crippen molar-refractivity contribution in [2.75, 3.05) is 10.6 Å². The molecule has 0 saturated heterocycles. The van der Waals surface area contributed by atoms with Crippen LogP contribution < -0.4 is 5.32 Å².